The first kappa shape index (κ1) is 9.83. The lowest BCUT2D eigenvalue weighted by Gasteiger charge is -2.11. The number of allylic oxidation sites excluding steroid dienone is 4. The SMILES string of the molecule is CC1=C(C)CC2=NC(CC(N)=O)=NC2=C1. The summed E-state index contributed by atoms with van der Waals surface area (Å²) in [4.78, 5) is 19.3. The van der Waals surface area contributed by atoms with Crippen LogP contribution in [0.2, 0.25) is 0 Å². The standard InChI is InChI=1S/C11H13N3O/c1-6-3-8-9(4-7(6)2)14-11(13-8)5-10(12)15/h3H,4-5H2,1-2H3,(H2,12,15). The van der Waals surface area contributed by atoms with Crippen molar-refractivity contribution in [3.63, 3.8) is 0 Å². The highest BCUT2D eigenvalue weighted by Crippen LogP contribution is 2.26. The lowest BCUT2D eigenvalue weighted by Crippen LogP contribution is -2.14. The van der Waals surface area contributed by atoms with Gasteiger partial charge in [0.05, 0.1) is 17.8 Å². The second-order valence-electron chi connectivity index (χ2n) is 3.90. The first-order valence-corrected chi connectivity index (χ1v) is 4.88. The minimum atomic E-state index is -0.390. The van der Waals surface area contributed by atoms with Crippen molar-refractivity contribution in [2.45, 2.75) is 26.7 Å². The van der Waals surface area contributed by atoms with Crippen LogP contribution in [0.5, 0.6) is 0 Å². The molecule has 0 atom stereocenters. The van der Waals surface area contributed by atoms with Crippen molar-refractivity contribution in [1.29, 1.82) is 0 Å². The Morgan fingerprint density at radius 1 is 1.47 bits per heavy atom. The fourth-order valence-electron chi connectivity index (χ4n) is 1.64. The molecule has 0 bridgehead atoms. The van der Waals surface area contributed by atoms with Gasteiger partial charge in [-0.1, -0.05) is 5.57 Å². The lowest BCUT2D eigenvalue weighted by atomic mass is 9.97. The van der Waals surface area contributed by atoms with Crippen molar-refractivity contribution in [1.82, 2.24) is 0 Å². The lowest BCUT2D eigenvalue weighted by molar-refractivity contribution is -0.116. The van der Waals surface area contributed by atoms with Crippen molar-refractivity contribution in [3.8, 4) is 0 Å². The fourth-order valence-corrected chi connectivity index (χ4v) is 1.64. The van der Waals surface area contributed by atoms with Gasteiger partial charge in [-0.3, -0.25) is 4.79 Å². The summed E-state index contributed by atoms with van der Waals surface area (Å²) in [5.74, 6) is 0.144. The molecule has 0 aromatic rings. The maximum atomic E-state index is 10.7. The number of nitrogens with zero attached hydrogens (tertiary/aromatic N) is 2. The molecular formula is C11H13N3O. The number of primary amides is 1. The average molecular weight is 203 g/mol. The number of carbonyl (C=O) groups is 1. The molecule has 1 heterocycles. The van der Waals surface area contributed by atoms with Gasteiger partial charge in [0.25, 0.3) is 0 Å². The van der Waals surface area contributed by atoms with E-state index in [4.69, 9.17) is 5.73 Å². The molecule has 15 heavy (non-hydrogen) atoms. The van der Waals surface area contributed by atoms with Crippen LogP contribution in [0.15, 0.2) is 32.9 Å². The first-order valence-electron chi connectivity index (χ1n) is 4.88. The van der Waals surface area contributed by atoms with E-state index < -0.39 is 5.91 Å². The zero-order valence-corrected chi connectivity index (χ0v) is 8.87. The van der Waals surface area contributed by atoms with E-state index in [1.54, 1.807) is 0 Å². The highest BCUT2D eigenvalue weighted by atomic mass is 16.1. The van der Waals surface area contributed by atoms with Crippen molar-refractivity contribution < 1.29 is 4.79 Å². The maximum Gasteiger partial charge on any atom is 0.225 e. The van der Waals surface area contributed by atoms with E-state index >= 15 is 0 Å². The molecule has 2 aliphatic rings. The normalized spacial score (nSPS) is 19.5. The number of hydrogen-bond donors (Lipinski definition) is 1. The number of nitrogens with two attached hydrogens (primary N) is 1. The quantitative estimate of drug-likeness (QED) is 0.723. The number of hydrogen-bond acceptors (Lipinski definition) is 3. The third kappa shape index (κ3) is 1.88. The van der Waals surface area contributed by atoms with Crippen LogP contribution in [0.1, 0.15) is 26.7 Å². The molecule has 0 aromatic carbocycles. The Morgan fingerprint density at radius 3 is 2.87 bits per heavy atom. The summed E-state index contributed by atoms with van der Waals surface area (Å²) in [6, 6.07) is 0. The third-order valence-corrected chi connectivity index (χ3v) is 2.60. The van der Waals surface area contributed by atoms with Gasteiger partial charge < -0.3 is 5.73 Å². The summed E-state index contributed by atoms with van der Waals surface area (Å²) in [6.45, 7) is 4.14. The first-order chi connectivity index (χ1) is 7.06. The summed E-state index contributed by atoms with van der Waals surface area (Å²) in [6.07, 6.45) is 2.95. The van der Waals surface area contributed by atoms with E-state index in [9.17, 15) is 4.79 Å². The molecule has 0 spiro atoms. The van der Waals surface area contributed by atoms with Crippen LogP contribution in [0, 0.1) is 0 Å². The van der Waals surface area contributed by atoms with Gasteiger partial charge in [-0.15, -0.1) is 0 Å². The molecule has 78 valence electrons. The predicted octanol–water partition coefficient (Wildman–Crippen LogP) is 1.34. The summed E-state index contributed by atoms with van der Waals surface area (Å²) in [5, 5.41) is 0. The molecule has 0 fully saturated rings. The van der Waals surface area contributed by atoms with Crippen LogP contribution in [-0.4, -0.2) is 17.5 Å². The van der Waals surface area contributed by atoms with E-state index in [0.717, 1.165) is 17.8 Å². The van der Waals surface area contributed by atoms with Gasteiger partial charge in [-0.05, 0) is 25.5 Å². The largest absolute Gasteiger partial charge is 0.369 e. The predicted molar refractivity (Wildman–Crippen MR) is 59.8 cm³/mol. The van der Waals surface area contributed by atoms with Crippen LogP contribution < -0.4 is 5.73 Å². The number of amides is 1. The zero-order valence-electron chi connectivity index (χ0n) is 8.87. The second kappa shape index (κ2) is 3.46. The Kier molecular flexibility index (Phi) is 2.26. The van der Waals surface area contributed by atoms with Gasteiger partial charge in [-0.25, -0.2) is 9.98 Å². The van der Waals surface area contributed by atoms with Gasteiger partial charge in [-0.2, -0.15) is 0 Å². The summed E-state index contributed by atoms with van der Waals surface area (Å²) in [5.41, 5.74) is 9.46. The van der Waals surface area contributed by atoms with Crippen LogP contribution >= 0.6 is 0 Å². The Morgan fingerprint density at radius 2 is 2.20 bits per heavy atom. The topological polar surface area (TPSA) is 67.8 Å². The highest BCUT2D eigenvalue weighted by Gasteiger charge is 2.21. The molecule has 4 heteroatoms. The maximum absolute atomic E-state index is 10.7. The smallest absolute Gasteiger partial charge is 0.225 e. The second-order valence-corrected chi connectivity index (χ2v) is 3.90. The van der Waals surface area contributed by atoms with Crippen molar-refractivity contribution in [2.24, 2.45) is 15.7 Å². The van der Waals surface area contributed by atoms with Crippen molar-refractivity contribution in [2.75, 3.05) is 0 Å². The Hall–Kier alpha value is -1.71. The van der Waals surface area contributed by atoms with Gasteiger partial charge in [0.2, 0.25) is 5.91 Å². The van der Waals surface area contributed by atoms with Crippen molar-refractivity contribution in [3.05, 3.63) is 22.9 Å². The van der Waals surface area contributed by atoms with Gasteiger partial charge in [0.1, 0.15) is 5.84 Å². The highest BCUT2D eigenvalue weighted by molar-refractivity contribution is 6.17. The molecule has 1 amide bonds. The molecule has 2 N–H and O–H groups in total. The molecule has 0 saturated heterocycles. The molecule has 4 nitrogen and oxygen atoms in total. The average Bonchev–Trinajstić information content (AvgIpc) is 2.46. The Labute approximate surface area is 88.3 Å². The molecule has 1 aliphatic heterocycles. The number of aliphatic imine (C=N–C) groups is 2. The Bertz CT molecular complexity index is 452. The Balaban J connectivity index is 2.26. The number of carbonyl (C=O) groups excluding carboxylic acids is 1. The molecule has 2 rings (SSSR count). The van der Waals surface area contributed by atoms with E-state index in [1.165, 1.54) is 11.1 Å². The molecule has 1 aliphatic carbocycles. The van der Waals surface area contributed by atoms with Gasteiger partial charge in [0.15, 0.2) is 0 Å². The molecule has 0 saturated carbocycles. The van der Waals surface area contributed by atoms with Crippen LogP contribution in [0.25, 0.3) is 0 Å². The fraction of sp³-hybridized carbons (Fsp3) is 0.364. The van der Waals surface area contributed by atoms with E-state index in [-0.39, 0.29) is 6.42 Å². The van der Waals surface area contributed by atoms with E-state index in [1.807, 2.05) is 6.08 Å². The molecule has 0 aromatic heterocycles. The molecular weight excluding hydrogens is 190 g/mol. The molecule has 0 radical (unpaired) electrons. The monoisotopic (exact) mass is 203 g/mol. The summed E-state index contributed by atoms with van der Waals surface area (Å²) in [7, 11) is 0. The van der Waals surface area contributed by atoms with E-state index in [0.29, 0.717) is 5.84 Å². The summed E-state index contributed by atoms with van der Waals surface area (Å²) >= 11 is 0. The van der Waals surface area contributed by atoms with Gasteiger partial charge in [0, 0.05) is 6.42 Å². The zero-order chi connectivity index (χ0) is 11.0. The number of fused-ring (bicyclic) bond motifs is 1. The van der Waals surface area contributed by atoms with Crippen LogP contribution in [0.3, 0.4) is 0 Å². The molecule has 0 unspecified atom stereocenters. The van der Waals surface area contributed by atoms with Crippen LogP contribution in [0.4, 0.5) is 0 Å². The van der Waals surface area contributed by atoms with Gasteiger partial charge >= 0.3 is 0 Å². The van der Waals surface area contributed by atoms with Crippen LogP contribution in [-0.2, 0) is 4.79 Å². The number of rotatable bonds is 2. The summed E-state index contributed by atoms with van der Waals surface area (Å²) < 4.78 is 0. The van der Waals surface area contributed by atoms with Crippen molar-refractivity contribution >= 4 is 17.5 Å². The van der Waals surface area contributed by atoms with E-state index in [2.05, 4.69) is 23.8 Å². The third-order valence-electron chi connectivity index (χ3n) is 2.60. The minimum absolute atomic E-state index is 0.124. The number of amidine groups is 1. The minimum Gasteiger partial charge on any atom is -0.369 e.